The first-order valence-electron chi connectivity index (χ1n) is 7.67. The summed E-state index contributed by atoms with van der Waals surface area (Å²) in [5.41, 5.74) is 4.43. The first-order valence-corrected chi connectivity index (χ1v) is 7.67. The minimum Gasteiger partial charge on any atom is -0.354 e. The van der Waals surface area contributed by atoms with E-state index in [-0.39, 0.29) is 5.55 Å². The van der Waals surface area contributed by atoms with Crippen molar-refractivity contribution in [3.63, 3.8) is 0 Å². The molecule has 0 unspecified atom stereocenters. The number of pyridine rings is 1. The Balaban J connectivity index is 2.05. The van der Waals surface area contributed by atoms with Crippen LogP contribution in [0.25, 0.3) is 28.1 Å². The van der Waals surface area contributed by atoms with Crippen molar-refractivity contribution in [3.05, 3.63) is 90.7 Å². The Bertz CT molecular complexity index is 1000. The second-order valence-corrected chi connectivity index (χ2v) is 5.38. The summed E-state index contributed by atoms with van der Waals surface area (Å²) in [7, 11) is 0. The van der Waals surface area contributed by atoms with Crippen molar-refractivity contribution in [2.24, 2.45) is 0 Å². The van der Waals surface area contributed by atoms with Crippen LogP contribution in [0.4, 0.5) is 0 Å². The van der Waals surface area contributed by atoms with Crippen molar-refractivity contribution >= 4 is 0 Å². The van der Waals surface area contributed by atoms with E-state index in [4.69, 9.17) is 9.93 Å². The number of aromatic nitrogens is 2. The highest BCUT2D eigenvalue weighted by molar-refractivity contribution is 5.80. The standard InChI is InChI=1S/C20H15N3O/c21-20-18(15-8-3-1-4-9-15)19(16-10-7-13-22-14-16)23(24-20)17-11-5-2-6-12-17/h1-14,21H. The van der Waals surface area contributed by atoms with Crippen LogP contribution in [0.3, 0.4) is 0 Å². The zero-order valence-electron chi connectivity index (χ0n) is 12.9. The van der Waals surface area contributed by atoms with Gasteiger partial charge in [0.15, 0.2) is 0 Å². The molecule has 2 heterocycles. The van der Waals surface area contributed by atoms with Gasteiger partial charge in [0, 0.05) is 18.0 Å². The van der Waals surface area contributed by atoms with E-state index in [1.165, 1.54) is 0 Å². The molecule has 4 nitrogen and oxygen atoms in total. The molecular formula is C20H15N3O. The lowest BCUT2D eigenvalue weighted by atomic mass is 10.0. The van der Waals surface area contributed by atoms with Crippen LogP contribution in [0.15, 0.2) is 89.7 Å². The third-order valence-corrected chi connectivity index (χ3v) is 3.84. The smallest absolute Gasteiger partial charge is 0.249 e. The van der Waals surface area contributed by atoms with E-state index in [1.54, 1.807) is 17.1 Å². The molecule has 2 aromatic carbocycles. The minimum atomic E-state index is 0.129. The zero-order valence-corrected chi connectivity index (χ0v) is 12.9. The molecule has 0 saturated heterocycles. The van der Waals surface area contributed by atoms with Gasteiger partial charge < -0.3 is 4.52 Å². The lowest BCUT2D eigenvalue weighted by Gasteiger charge is -2.08. The monoisotopic (exact) mass is 313 g/mol. The molecular weight excluding hydrogens is 298 g/mol. The van der Waals surface area contributed by atoms with Gasteiger partial charge in [0.25, 0.3) is 0 Å². The number of nitrogens with zero attached hydrogens (tertiary/aromatic N) is 2. The molecule has 0 fully saturated rings. The number of hydrogen-bond acceptors (Lipinski definition) is 3. The van der Waals surface area contributed by atoms with Gasteiger partial charge in [0.1, 0.15) is 5.69 Å². The maximum Gasteiger partial charge on any atom is 0.249 e. The largest absolute Gasteiger partial charge is 0.354 e. The Morgan fingerprint density at radius 3 is 2.12 bits per heavy atom. The summed E-state index contributed by atoms with van der Waals surface area (Å²) >= 11 is 0. The van der Waals surface area contributed by atoms with Crippen LogP contribution in [0, 0.1) is 5.41 Å². The van der Waals surface area contributed by atoms with Crippen LogP contribution in [0.1, 0.15) is 0 Å². The number of nitrogens with one attached hydrogen (secondary N) is 1. The van der Waals surface area contributed by atoms with Gasteiger partial charge in [-0.25, -0.2) is 0 Å². The summed E-state index contributed by atoms with van der Waals surface area (Å²) in [6, 6.07) is 23.5. The minimum absolute atomic E-state index is 0.129. The predicted octanol–water partition coefficient (Wildman–Crippen LogP) is 4.28. The third-order valence-electron chi connectivity index (χ3n) is 3.84. The number of para-hydroxylation sites is 1. The van der Waals surface area contributed by atoms with Crippen LogP contribution in [-0.4, -0.2) is 9.72 Å². The Morgan fingerprint density at radius 1 is 0.792 bits per heavy atom. The van der Waals surface area contributed by atoms with Crippen molar-refractivity contribution in [2.45, 2.75) is 0 Å². The Kier molecular flexibility index (Phi) is 3.56. The second kappa shape index (κ2) is 6.01. The summed E-state index contributed by atoms with van der Waals surface area (Å²) in [5.74, 6) is 0. The Hall–Kier alpha value is -3.40. The first-order chi connectivity index (χ1) is 11.8. The molecule has 4 rings (SSSR count). The number of hydrogen-bond donors (Lipinski definition) is 1. The van der Waals surface area contributed by atoms with Crippen LogP contribution >= 0.6 is 0 Å². The third kappa shape index (κ3) is 2.44. The van der Waals surface area contributed by atoms with Gasteiger partial charge in [-0.3, -0.25) is 10.4 Å². The van der Waals surface area contributed by atoms with E-state index < -0.39 is 0 Å². The summed E-state index contributed by atoms with van der Waals surface area (Å²) in [4.78, 5) is 4.22. The van der Waals surface area contributed by atoms with Crippen LogP contribution in [0.2, 0.25) is 0 Å². The number of benzene rings is 2. The SMILES string of the molecule is N=c1on(-c2ccccc2)c(-c2cccnc2)c1-c1ccccc1. The predicted molar refractivity (Wildman–Crippen MR) is 92.6 cm³/mol. The molecule has 4 aromatic rings. The van der Waals surface area contributed by atoms with E-state index in [9.17, 15) is 0 Å². The van der Waals surface area contributed by atoms with Gasteiger partial charge in [-0.05, 0) is 29.8 Å². The topological polar surface area (TPSA) is 54.8 Å². The van der Waals surface area contributed by atoms with E-state index >= 15 is 0 Å². The highest BCUT2D eigenvalue weighted by atomic mass is 16.5. The van der Waals surface area contributed by atoms with E-state index in [0.29, 0.717) is 0 Å². The maximum absolute atomic E-state index is 8.36. The van der Waals surface area contributed by atoms with Crippen molar-refractivity contribution in [1.29, 1.82) is 5.41 Å². The van der Waals surface area contributed by atoms with Gasteiger partial charge in [0.2, 0.25) is 5.55 Å². The van der Waals surface area contributed by atoms with E-state index in [2.05, 4.69) is 4.98 Å². The van der Waals surface area contributed by atoms with Crippen molar-refractivity contribution < 1.29 is 4.52 Å². The molecule has 0 spiro atoms. The van der Waals surface area contributed by atoms with Gasteiger partial charge >= 0.3 is 0 Å². The zero-order chi connectivity index (χ0) is 16.4. The van der Waals surface area contributed by atoms with E-state index in [1.807, 2.05) is 72.8 Å². The van der Waals surface area contributed by atoms with Crippen LogP contribution < -0.4 is 5.55 Å². The highest BCUT2D eigenvalue weighted by Crippen LogP contribution is 2.31. The summed E-state index contributed by atoms with van der Waals surface area (Å²) < 4.78 is 7.49. The van der Waals surface area contributed by atoms with Gasteiger partial charge in [0.05, 0.1) is 11.3 Å². The molecule has 24 heavy (non-hydrogen) atoms. The molecule has 116 valence electrons. The maximum atomic E-state index is 8.36. The van der Waals surface area contributed by atoms with Gasteiger partial charge in [-0.2, -0.15) is 4.74 Å². The lowest BCUT2D eigenvalue weighted by Crippen LogP contribution is -1.97. The van der Waals surface area contributed by atoms with Crippen molar-refractivity contribution in [1.82, 2.24) is 9.72 Å². The summed E-state index contributed by atoms with van der Waals surface area (Å²) in [5, 5.41) is 8.36. The molecule has 0 aliphatic heterocycles. The van der Waals surface area contributed by atoms with E-state index in [0.717, 1.165) is 28.1 Å². The molecule has 1 N–H and O–H groups in total. The molecule has 4 heteroatoms. The highest BCUT2D eigenvalue weighted by Gasteiger charge is 2.19. The Morgan fingerprint density at radius 2 is 1.46 bits per heavy atom. The summed E-state index contributed by atoms with van der Waals surface area (Å²) in [6.07, 6.45) is 3.52. The normalized spacial score (nSPS) is 10.7. The van der Waals surface area contributed by atoms with Crippen molar-refractivity contribution in [3.8, 4) is 28.1 Å². The first kappa shape index (κ1) is 14.2. The molecule has 0 atom stereocenters. The average molecular weight is 313 g/mol. The summed E-state index contributed by atoms with van der Waals surface area (Å²) in [6.45, 7) is 0. The molecule has 0 bridgehead atoms. The molecule has 0 aliphatic rings. The fourth-order valence-electron chi connectivity index (χ4n) is 2.77. The fourth-order valence-corrected chi connectivity index (χ4v) is 2.77. The molecule has 0 saturated carbocycles. The fraction of sp³-hybridized carbons (Fsp3) is 0. The number of rotatable bonds is 3. The molecule has 0 aliphatic carbocycles. The van der Waals surface area contributed by atoms with Gasteiger partial charge in [-0.15, -0.1) is 0 Å². The molecule has 2 aromatic heterocycles. The van der Waals surface area contributed by atoms with Crippen molar-refractivity contribution in [2.75, 3.05) is 0 Å². The van der Waals surface area contributed by atoms with Crippen LogP contribution in [0.5, 0.6) is 0 Å². The Labute approximate surface area is 139 Å². The van der Waals surface area contributed by atoms with Crippen LogP contribution in [-0.2, 0) is 0 Å². The quantitative estimate of drug-likeness (QED) is 0.614. The molecule has 0 radical (unpaired) electrons. The lowest BCUT2D eigenvalue weighted by molar-refractivity contribution is 0.314. The van der Waals surface area contributed by atoms with Gasteiger partial charge in [-0.1, -0.05) is 48.5 Å². The second-order valence-electron chi connectivity index (χ2n) is 5.38. The average Bonchev–Trinajstić information content (AvgIpc) is 3.01. The molecule has 0 amide bonds.